The first kappa shape index (κ1) is 10.9. The number of likely N-dealkylation sites (tertiary alicyclic amines) is 1. The van der Waals surface area contributed by atoms with E-state index in [1.807, 2.05) is 0 Å². The molecule has 4 nitrogen and oxygen atoms in total. The van der Waals surface area contributed by atoms with Crippen LogP contribution in [-0.4, -0.2) is 48.3 Å². The molecule has 2 fully saturated rings. The van der Waals surface area contributed by atoms with Gasteiger partial charge in [0.15, 0.2) is 0 Å². The predicted octanol–water partition coefficient (Wildman–Crippen LogP) is 0.962. The third-order valence-corrected chi connectivity index (χ3v) is 3.36. The minimum Gasteiger partial charge on any atom is -0.481 e. The molecule has 0 spiro atoms. The van der Waals surface area contributed by atoms with Gasteiger partial charge in [-0.3, -0.25) is 9.69 Å². The van der Waals surface area contributed by atoms with E-state index in [0.29, 0.717) is 12.3 Å². The summed E-state index contributed by atoms with van der Waals surface area (Å²) in [6.07, 6.45) is 3.73. The highest BCUT2D eigenvalue weighted by atomic mass is 16.5. The molecule has 0 aromatic heterocycles. The van der Waals surface area contributed by atoms with Crippen molar-refractivity contribution in [3.63, 3.8) is 0 Å². The first-order chi connectivity index (χ1) is 7.25. The molecule has 0 saturated carbocycles. The summed E-state index contributed by atoms with van der Waals surface area (Å²) in [5.41, 5.74) is 0. The smallest absolute Gasteiger partial charge is 0.304 e. The van der Waals surface area contributed by atoms with Crippen molar-refractivity contribution < 1.29 is 14.6 Å². The van der Waals surface area contributed by atoms with Crippen LogP contribution in [0.1, 0.15) is 25.7 Å². The van der Waals surface area contributed by atoms with Crippen LogP contribution in [0.3, 0.4) is 0 Å². The molecular formula is C11H19NO3. The lowest BCUT2D eigenvalue weighted by Crippen LogP contribution is -2.47. The molecule has 0 aliphatic carbocycles. The third kappa shape index (κ3) is 2.92. The second kappa shape index (κ2) is 4.94. The van der Waals surface area contributed by atoms with Crippen molar-refractivity contribution in [2.75, 3.05) is 26.3 Å². The molecule has 86 valence electrons. The Morgan fingerprint density at radius 1 is 1.40 bits per heavy atom. The lowest BCUT2D eigenvalue weighted by Gasteiger charge is -2.39. The molecule has 0 bridgehead atoms. The van der Waals surface area contributed by atoms with E-state index in [1.165, 1.54) is 12.8 Å². The average molecular weight is 213 g/mol. The zero-order valence-electron chi connectivity index (χ0n) is 9.02. The van der Waals surface area contributed by atoms with E-state index in [9.17, 15) is 4.79 Å². The van der Waals surface area contributed by atoms with E-state index in [2.05, 4.69) is 4.90 Å². The van der Waals surface area contributed by atoms with Gasteiger partial charge in [0.05, 0.1) is 19.6 Å². The summed E-state index contributed by atoms with van der Waals surface area (Å²) in [6, 6.07) is 0.261. The zero-order chi connectivity index (χ0) is 10.7. The number of hydrogen-bond donors (Lipinski definition) is 1. The van der Waals surface area contributed by atoms with Crippen molar-refractivity contribution in [2.24, 2.45) is 5.92 Å². The molecule has 2 aliphatic rings. The topological polar surface area (TPSA) is 49.8 Å². The number of ether oxygens (including phenoxy) is 1. The second-order valence-electron chi connectivity index (χ2n) is 4.65. The van der Waals surface area contributed by atoms with E-state index in [1.54, 1.807) is 0 Å². The van der Waals surface area contributed by atoms with Crippen molar-refractivity contribution in [3.8, 4) is 0 Å². The molecule has 0 aromatic carbocycles. The Morgan fingerprint density at radius 3 is 2.80 bits per heavy atom. The molecule has 2 aliphatic heterocycles. The lowest BCUT2D eigenvalue weighted by atomic mass is 9.97. The molecule has 1 unspecified atom stereocenters. The van der Waals surface area contributed by atoms with Crippen LogP contribution in [0.4, 0.5) is 0 Å². The standard InChI is InChI=1S/C11H19NO3/c13-11(14)5-10-3-1-2-4-12(10)6-9-7-15-8-9/h9-10H,1-8H2,(H,13,14). The Labute approximate surface area is 90.2 Å². The van der Waals surface area contributed by atoms with Crippen LogP contribution in [0, 0.1) is 5.92 Å². The molecule has 2 heterocycles. The summed E-state index contributed by atoms with van der Waals surface area (Å²) in [5.74, 6) is -0.0313. The van der Waals surface area contributed by atoms with Gasteiger partial charge >= 0.3 is 5.97 Å². The Kier molecular flexibility index (Phi) is 3.59. The van der Waals surface area contributed by atoms with Crippen LogP contribution >= 0.6 is 0 Å². The van der Waals surface area contributed by atoms with Gasteiger partial charge in [-0.05, 0) is 19.4 Å². The highest BCUT2D eigenvalue weighted by molar-refractivity contribution is 5.67. The molecule has 0 aromatic rings. The average Bonchev–Trinajstić information content (AvgIpc) is 2.13. The Balaban J connectivity index is 1.83. The third-order valence-electron chi connectivity index (χ3n) is 3.36. The molecule has 4 heteroatoms. The minimum absolute atomic E-state index is 0.261. The van der Waals surface area contributed by atoms with Gasteiger partial charge in [0, 0.05) is 18.5 Å². The van der Waals surface area contributed by atoms with Crippen molar-refractivity contribution in [1.29, 1.82) is 0 Å². The van der Waals surface area contributed by atoms with Crippen LogP contribution < -0.4 is 0 Å². The normalized spacial score (nSPS) is 28.7. The maximum Gasteiger partial charge on any atom is 0.304 e. The number of carboxylic acid groups (broad SMARTS) is 1. The quantitative estimate of drug-likeness (QED) is 0.755. The number of hydrogen-bond acceptors (Lipinski definition) is 3. The molecule has 1 atom stereocenters. The Bertz CT molecular complexity index is 228. The van der Waals surface area contributed by atoms with Gasteiger partial charge in [-0.15, -0.1) is 0 Å². The van der Waals surface area contributed by atoms with Crippen LogP contribution in [-0.2, 0) is 9.53 Å². The van der Waals surface area contributed by atoms with Gasteiger partial charge in [-0.25, -0.2) is 0 Å². The van der Waals surface area contributed by atoms with Crippen LogP contribution in [0.5, 0.6) is 0 Å². The van der Waals surface area contributed by atoms with E-state index >= 15 is 0 Å². The minimum atomic E-state index is -0.670. The fourth-order valence-electron chi connectivity index (χ4n) is 2.45. The largest absolute Gasteiger partial charge is 0.481 e. The van der Waals surface area contributed by atoms with Crippen molar-refractivity contribution in [3.05, 3.63) is 0 Å². The van der Waals surface area contributed by atoms with Crippen LogP contribution in [0.15, 0.2) is 0 Å². The number of piperidine rings is 1. The number of aliphatic carboxylic acids is 1. The SMILES string of the molecule is O=C(O)CC1CCCCN1CC1COC1. The summed E-state index contributed by atoms with van der Waals surface area (Å²) < 4.78 is 5.15. The molecule has 2 rings (SSSR count). The second-order valence-corrected chi connectivity index (χ2v) is 4.65. The first-order valence-corrected chi connectivity index (χ1v) is 5.79. The van der Waals surface area contributed by atoms with Gasteiger partial charge < -0.3 is 9.84 Å². The number of carbonyl (C=O) groups is 1. The summed E-state index contributed by atoms with van der Waals surface area (Å²) in [4.78, 5) is 13.1. The summed E-state index contributed by atoms with van der Waals surface area (Å²) in [6.45, 7) is 3.80. The van der Waals surface area contributed by atoms with Gasteiger partial charge in [-0.2, -0.15) is 0 Å². The molecule has 1 N–H and O–H groups in total. The van der Waals surface area contributed by atoms with Crippen molar-refractivity contribution in [1.82, 2.24) is 4.90 Å². The first-order valence-electron chi connectivity index (χ1n) is 5.79. The van der Waals surface area contributed by atoms with Crippen molar-refractivity contribution >= 4 is 5.97 Å². The molecule has 0 radical (unpaired) electrons. The molecular weight excluding hydrogens is 194 g/mol. The number of carboxylic acids is 1. The Morgan fingerprint density at radius 2 is 2.20 bits per heavy atom. The Hall–Kier alpha value is -0.610. The van der Waals surface area contributed by atoms with Crippen molar-refractivity contribution in [2.45, 2.75) is 31.7 Å². The van der Waals surface area contributed by atoms with E-state index < -0.39 is 5.97 Å². The van der Waals surface area contributed by atoms with Gasteiger partial charge in [0.1, 0.15) is 0 Å². The molecule has 2 saturated heterocycles. The van der Waals surface area contributed by atoms with Crippen LogP contribution in [0.25, 0.3) is 0 Å². The number of rotatable bonds is 4. The van der Waals surface area contributed by atoms with E-state index in [-0.39, 0.29) is 6.04 Å². The summed E-state index contributed by atoms with van der Waals surface area (Å²) in [7, 11) is 0. The maximum atomic E-state index is 10.7. The fourth-order valence-corrected chi connectivity index (χ4v) is 2.45. The highest BCUT2D eigenvalue weighted by Crippen LogP contribution is 2.22. The number of nitrogens with zero attached hydrogens (tertiary/aromatic N) is 1. The molecule has 0 amide bonds. The van der Waals surface area contributed by atoms with E-state index in [0.717, 1.165) is 32.7 Å². The van der Waals surface area contributed by atoms with E-state index in [4.69, 9.17) is 9.84 Å². The van der Waals surface area contributed by atoms with Gasteiger partial charge in [0.2, 0.25) is 0 Å². The van der Waals surface area contributed by atoms with Gasteiger partial charge in [-0.1, -0.05) is 6.42 Å². The summed E-state index contributed by atoms with van der Waals surface area (Å²) in [5, 5.41) is 8.84. The maximum absolute atomic E-state index is 10.7. The zero-order valence-corrected chi connectivity index (χ0v) is 9.02. The highest BCUT2D eigenvalue weighted by Gasteiger charge is 2.29. The summed E-state index contributed by atoms with van der Waals surface area (Å²) >= 11 is 0. The molecule has 15 heavy (non-hydrogen) atoms. The van der Waals surface area contributed by atoms with Gasteiger partial charge in [0.25, 0.3) is 0 Å². The monoisotopic (exact) mass is 213 g/mol. The lowest BCUT2D eigenvalue weighted by molar-refractivity contribution is -0.139. The van der Waals surface area contributed by atoms with Crippen LogP contribution in [0.2, 0.25) is 0 Å². The predicted molar refractivity (Wildman–Crippen MR) is 55.8 cm³/mol. The fraction of sp³-hybridized carbons (Fsp3) is 0.909.